The maximum absolute atomic E-state index is 12.6. The second-order valence-corrected chi connectivity index (χ2v) is 9.71. The zero-order valence-corrected chi connectivity index (χ0v) is 20.0. The first kappa shape index (κ1) is 23.4. The van der Waals surface area contributed by atoms with Gasteiger partial charge in [0.2, 0.25) is 5.91 Å². The molecule has 2 heterocycles. The molecule has 32 heavy (non-hydrogen) atoms. The molecule has 0 aromatic heterocycles. The molecule has 5 nitrogen and oxygen atoms in total. The molecule has 2 aliphatic rings. The van der Waals surface area contributed by atoms with E-state index >= 15 is 0 Å². The highest BCUT2D eigenvalue weighted by molar-refractivity contribution is 6.42. The van der Waals surface area contributed by atoms with Crippen LogP contribution in [0.15, 0.2) is 42.5 Å². The van der Waals surface area contributed by atoms with E-state index in [0.29, 0.717) is 34.1 Å². The van der Waals surface area contributed by atoms with Crippen molar-refractivity contribution in [3.05, 3.63) is 68.7 Å². The Hall–Kier alpha value is -1.79. The summed E-state index contributed by atoms with van der Waals surface area (Å²) in [6.07, 6.45) is 3.20. The zero-order chi connectivity index (χ0) is 22.7. The number of nitrogens with zero attached hydrogens (tertiary/aromatic N) is 2. The van der Waals surface area contributed by atoms with E-state index in [2.05, 4.69) is 22.3 Å². The molecule has 1 unspecified atom stereocenters. The molecule has 2 aliphatic heterocycles. The minimum absolute atomic E-state index is 0.0234. The van der Waals surface area contributed by atoms with Crippen LogP contribution in [0.3, 0.4) is 0 Å². The Morgan fingerprint density at radius 3 is 2.31 bits per heavy atom. The van der Waals surface area contributed by atoms with Crippen LogP contribution in [-0.2, 0) is 4.79 Å². The van der Waals surface area contributed by atoms with Gasteiger partial charge in [-0.25, -0.2) is 0 Å². The van der Waals surface area contributed by atoms with Gasteiger partial charge in [0.1, 0.15) is 0 Å². The Balaban J connectivity index is 1.23. The van der Waals surface area contributed by atoms with Crippen LogP contribution in [0.2, 0.25) is 15.1 Å². The normalized spacial score (nSPS) is 19.8. The van der Waals surface area contributed by atoms with Crippen molar-refractivity contribution >= 4 is 46.6 Å². The number of amides is 2. The molecule has 0 radical (unpaired) electrons. The quantitative estimate of drug-likeness (QED) is 0.646. The number of hydrogen-bond acceptors (Lipinski definition) is 3. The first-order valence-corrected chi connectivity index (χ1v) is 12.0. The fourth-order valence-electron chi connectivity index (χ4n) is 4.61. The topological polar surface area (TPSA) is 52.7 Å². The van der Waals surface area contributed by atoms with Crippen LogP contribution >= 0.6 is 34.8 Å². The number of hydrogen-bond donors (Lipinski definition) is 1. The van der Waals surface area contributed by atoms with E-state index in [1.807, 2.05) is 17.0 Å². The number of benzene rings is 2. The molecular weight excluding hydrogens is 469 g/mol. The Labute approximate surface area is 203 Å². The van der Waals surface area contributed by atoms with Crippen molar-refractivity contribution in [1.29, 1.82) is 0 Å². The predicted molar refractivity (Wildman–Crippen MR) is 129 cm³/mol. The average molecular weight is 495 g/mol. The molecule has 0 saturated carbocycles. The number of carbonyl (C=O) groups excluding carboxylic acids is 2. The van der Waals surface area contributed by atoms with Gasteiger partial charge in [0.25, 0.3) is 5.91 Å². The Morgan fingerprint density at radius 1 is 0.906 bits per heavy atom. The van der Waals surface area contributed by atoms with Crippen LogP contribution in [0.1, 0.15) is 41.1 Å². The summed E-state index contributed by atoms with van der Waals surface area (Å²) in [5.74, 6) is 0.174. The minimum atomic E-state index is -0.336. The number of carbonyl (C=O) groups is 2. The van der Waals surface area contributed by atoms with Gasteiger partial charge in [-0.05, 0) is 74.2 Å². The number of piperidine rings is 1. The number of likely N-dealkylation sites (tertiary alicyclic amines) is 2. The fourth-order valence-corrected chi connectivity index (χ4v) is 5.03. The van der Waals surface area contributed by atoms with Crippen LogP contribution in [0.25, 0.3) is 0 Å². The van der Waals surface area contributed by atoms with Crippen LogP contribution < -0.4 is 5.32 Å². The van der Waals surface area contributed by atoms with Gasteiger partial charge in [-0.2, -0.15) is 0 Å². The Kier molecular flexibility index (Phi) is 7.62. The van der Waals surface area contributed by atoms with E-state index in [1.165, 1.54) is 11.6 Å². The number of rotatable bonds is 5. The molecule has 2 fully saturated rings. The monoisotopic (exact) mass is 493 g/mol. The second-order valence-electron chi connectivity index (χ2n) is 8.46. The van der Waals surface area contributed by atoms with Crippen molar-refractivity contribution in [3.63, 3.8) is 0 Å². The lowest BCUT2D eigenvalue weighted by Gasteiger charge is -2.36. The summed E-state index contributed by atoms with van der Waals surface area (Å²) in [7, 11) is 0. The van der Waals surface area contributed by atoms with Gasteiger partial charge in [0.05, 0.1) is 16.6 Å². The Morgan fingerprint density at radius 2 is 1.62 bits per heavy atom. The van der Waals surface area contributed by atoms with Gasteiger partial charge < -0.3 is 10.2 Å². The van der Waals surface area contributed by atoms with Crippen molar-refractivity contribution in [2.75, 3.05) is 32.7 Å². The number of nitrogens with one attached hydrogen (secondary N) is 1. The van der Waals surface area contributed by atoms with Crippen molar-refractivity contribution in [3.8, 4) is 0 Å². The highest BCUT2D eigenvalue weighted by Crippen LogP contribution is 2.31. The van der Waals surface area contributed by atoms with Crippen molar-refractivity contribution in [2.24, 2.45) is 0 Å². The Bertz CT molecular complexity index is 975. The van der Waals surface area contributed by atoms with E-state index in [4.69, 9.17) is 34.8 Å². The summed E-state index contributed by atoms with van der Waals surface area (Å²) in [5, 5.41) is 4.16. The van der Waals surface area contributed by atoms with E-state index in [9.17, 15) is 9.59 Å². The van der Waals surface area contributed by atoms with Crippen LogP contribution in [0.5, 0.6) is 0 Å². The average Bonchev–Trinajstić information content (AvgIpc) is 3.30. The van der Waals surface area contributed by atoms with Crippen LogP contribution in [-0.4, -0.2) is 60.4 Å². The summed E-state index contributed by atoms with van der Waals surface area (Å²) in [6.45, 7) is 3.49. The summed E-state index contributed by atoms with van der Waals surface area (Å²) >= 11 is 17.9. The van der Waals surface area contributed by atoms with E-state index < -0.39 is 0 Å². The van der Waals surface area contributed by atoms with Crippen molar-refractivity contribution in [1.82, 2.24) is 15.1 Å². The lowest BCUT2D eigenvalue weighted by molar-refractivity contribution is -0.129. The molecule has 1 N–H and O–H groups in total. The van der Waals surface area contributed by atoms with Crippen molar-refractivity contribution < 1.29 is 9.59 Å². The van der Waals surface area contributed by atoms with Crippen LogP contribution in [0.4, 0.5) is 0 Å². The highest BCUT2D eigenvalue weighted by Gasteiger charge is 2.32. The van der Waals surface area contributed by atoms with E-state index in [1.54, 1.807) is 12.1 Å². The summed E-state index contributed by atoms with van der Waals surface area (Å²) < 4.78 is 0. The van der Waals surface area contributed by atoms with Gasteiger partial charge in [0.15, 0.2) is 0 Å². The molecule has 2 saturated heterocycles. The molecule has 2 aromatic rings. The maximum atomic E-state index is 12.6. The fraction of sp³-hybridized carbons (Fsp3) is 0.417. The summed E-state index contributed by atoms with van der Waals surface area (Å²) in [5.41, 5.74) is 1.74. The van der Waals surface area contributed by atoms with E-state index in [0.717, 1.165) is 43.9 Å². The predicted octanol–water partition coefficient (Wildman–Crippen LogP) is 4.86. The SMILES string of the molecule is O=C(NCC(=O)N1CCC(N2CCC(c3ccc(Cl)cc3)CC2)C1)c1ccc(Cl)c(Cl)c1. The molecule has 8 heteroatoms. The van der Waals surface area contributed by atoms with Crippen LogP contribution in [0, 0.1) is 0 Å². The highest BCUT2D eigenvalue weighted by atomic mass is 35.5. The lowest BCUT2D eigenvalue weighted by atomic mass is 9.89. The van der Waals surface area contributed by atoms with Gasteiger partial charge in [-0.15, -0.1) is 0 Å². The standard InChI is InChI=1S/C24H26Cl3N3O2/c25-19-4-1-16(2-5-19)17-7-10-29(11-8-17)20-9-12-30(15-20)23(31)14-28-24(32)18-3-6-21(26)22(27)13-18/h1-6,13,17,20H,7-12,14-15H2,(H,28,32). The van der Waals surface area contributed by atoms with Gasteiger partial charge in [-0.3, -0.25) is 14.5 Å². The second kappa shape index (κ2) is 10.4. The summed E-state index contributed by atoms with van der Waals surface area (Å²) in [6, 6.07) is 13.2. The molecule has 2 amide bonds. The van der Waals surface area contributed by atoms with Gasteiger partial charge in [-0.1, -0.05) is 46.9 Å². The molecule has 0 aliphatic carbocycles. The third-order valence-corrected chi connectivity index (χ3v) is 7.48. The molecule has 4 rings (SSSR count). The first-order valence-electron chi connectivity index (χ1n) is 10.9. The van der Waals surface area contributed by atoms with Gasteiger partial charge >= 0.3 is 0 Å². The zero-order valence-electron chi connectivity index (χ0n) is 17.7. The first-order chi connectivity index (χ1) is 15.4. The maximum Gasteiger partial charge on any atom is 0.251 e. The molecular formula is C24H26Cl3N3O2. The molecule has 0 spiro atoms. The lowest BCUT2D eigenvalue weighted by Crippen LogP contribution is -2.44. The minimum Gasteiger partial charge on any atom is -0.343 e. The van der Waals surface area contributed by atoms with Crippen molar-refractivity contribution in [2.45, 2.75) is 31.2 Å². The molecule has 1 atom stereocenters. The number of halogens is 3. The third kappa shape index (κ3) is 5.57. The summed E-state index contributed by atoms with van der Waals surface area (Å²) in [4.78, 5) is 29.3. The van der Waals surface area contributed by atoms with E-state index in [-0.39, 0.29) is 18.4 Å². The molecule has 170 valence electrons. The molecule has 0 bridgehead atoms. The third-order valence-electron chi connectivity index (χ3n) is 6.49. The van der Waals surface area contributed by atoms with Gasteiger partial charge in [0, 0.05) is 29.7 Å². The largest absolute Gasteiger partial charge is 0.343 e. The smallest absolute Gasteiger partial charge is 0.251 e. The molecule has 2 aromatic carbocycles.